The van der Waals surface area contributed by atoms with Crippen molar-refractivity contribution in [1.82, 2.24) is 0 Å². The molecule has 10 N–H and O–H groups in total. The summed E-state index contributed by atoms with van der Waals surface area (Å²) in [5.74, 6) is -1.69. The average Bonchev–Trinajstić information content (AvgIpc) is 3.05. The third-order valence-corrected chi connectivity index (χ3v) is 5.71. The minimum Gasteiger partial charge on any atom is -0.479 e. The van der Waals surface area contributed by atoms with Gasteiger partial charge in [0.1, 0.15) is 61.0 Å². The van der Waals surface area contributed by atoms with E-state index in [9.17, 15) is 55.9 Å². The molecule has 0 bridgehead atoms. The second kappa shape index (κ2) is 10.7. The predicted octanol–water partition coefficient (Wildman–Crippen LogP) is -6.84. The number of aliphatic hydroxyl groups is 9. The second-order valence-corrected chi connectivity index (χ2v) is 7.88. The van der Waals surface area contributed by atoms with Gasteiger partial charge in [-0.05, 0) is 0 Å². The van der Waals surface area contributed by atoms with Crippen LogP contribution in [0.2, 0.25) is 0 Å². The van der Waals surface area contributed by atoms with Crippen LogP contribution in [0.4, 0.5) is 0 Å². The van der Waals surface area contributed by atoms with E-state index in [-0.39, 0.29) is 0 Å². The minimum atomic E-state index is -2.12. The molecule has 0 saturated carbocycles. The number of hydrogen-bond acceptors (Lipinski definition) is 15. The van der Waals surface area contributed by atoms with Crippen molar-refractivity contribution in [2.75, 3.05) is 13.2 Å². The number of aliphatic hydroxyl groups excluding tert-OH is 9. The van der Waals surface area contributed by atoms with Crippen molar-refractivity contribution in [1.29, 1.82) is 0 Å². The third-order valence-electron chi connectivity index (χ3n) is 5.71. The molecule has 192 valence electrons. The standard InChI is InChI=1S/C17H28O16/c18-1-3-5(20)7(22)9(24)17(29-3)33-13-11(10(25)12(14(26)27)31-15(13)28)32-16-8(23)6(21)4(2-19)30-16/h3-13,15-25,28H,1-2H2,(H,26,27)/t3?,4-,5+,6+,7+,8?,9?,10-,11+,12?,13?,15-,16+,17+/m1/s1. The molecule has 0 aromatic heterocycles. The lowest BCUT2D eigenvalue weighted by Gasteiger charge is -2.46. The van der Waals surface area contributed by atoms with Crippen LogP contribution in [-0.2, 0) is 28.5 Å². The highest BCUT2D eigenvalue weighted by molar-refractivity contribution is 5.73. The quantitative estimate of drug-likeness (QED) is 0.159. The lowest BCUT2D eigenvalue weighted by Crippen LogP contribution is -2.65. The Hall–Kier alpha value is -1.09. The van der Waals surface area contributed by atoms with Gasteiger partial charge < -0.3 is 74.7 Å². The molecule has 16 heteroatoms. The van der Waals surface area contributed by atoms with Gasteiger partial charge in [0.25, 0.3) is 0 Å². The highest BCUT2D eigenvalue weighted by Crippen LogP contribution is 2.33. The van der Waals surface area contributed by atoms with Crippen molar-refractivity contribution in [3.05, 3.63) is 0 Å². The summed E-state index contributed by atoms with van der Waals surface area (Å²) in [5, 5.41) is 98.5. The van der Waals surface area contributed by atoms with Crippen molar-refractivity contribution in [3.63, 3.8) is 0 Å². The Morgan fingerprint density at radius 2 is 1.09 bits per heavy atom. The monoisotopic (exact) mass is 488 g/mol. The van der Waals surface area contributed by atoms with Gasteiger partial charge >= 0.3 is 5.97 Å². The number of aliphatic carboxylic acids is 1. The van der Waals surface area contributed by atoms with E-state index in [1.54, 1.807) is 0 Å². The summed E-state index contributed by atoms with van der Waals surface area (Å²) in [6.07, 6.45) is -24.9. The van der Waals surface area contributed by atoms with Gasteiger partial charge in [-0.25, -0.2) is 4.79 Å². The topological polar surface area (TPSA) is 266 Å². The molecule has 3 aliphatic heterocycles. The maximum atomic E-state index is 11.4. The fraction of sp³-hybridized carbons (Fsp3) is 0.941. The van der Waals surface area contributed by atoms with Gasteiger partial charge in [0.05, 0.1) is 13.2 Å². The van der Waals surface area contributed by atoms with Crippen molar-refractivity contribution < 1.29 is 79.5 Å². The highest BCUT2D eigenvalue weighted by atomic mass is 16.8. The molecule has 3 saturated heterocycles. The molecule has 3 heterocycles. The molecule has 0 radical (unpaired) electrons. The number of ether oxygens (including phenoxy) is 5. The van der Waals surface area contributed by atoms with Crippen LogP contribution in [0, 0.1) is 0 Å². The summed E-state index contributed by atoms with van der Waals surface area (Å²) in [7, 11) is 0. The molecule has 3 fully saturated rings. The van der Waals surface area contributed by atoms with E-state index in [1.165, 1.54) is 0 Å². The molecule has 16 nitrogen and oxygen atoms in total. The Labute approximate surface area is 185 Å². The van der Waals surface area contributed by atoms with Crippen LogP contribution in [0.3, 0.4) is 0 Å². The maximum Gasteiger partial charge on any atom is 0.335 e. The molecule has 0 aromatic carbocycles. The zero-order valence-electron chi connectivity index (χ0n) is 16.9. The van der Waals surface area contributed by atoms with Gasteiger partial charge in [-0.15, -0.1) is 0 Å². The fourth-order valence-corrected chi connectivity index (χ4v) is 3.81. The molecule has 0 amide bonds. The van der Waals surface area contributed by atoms with E-state index in [2.05, 4.69) is 0 Å². The van der Waals surface area contributed by atoms with Crippen LogP contribution in [0.15, 0.2) is 0 Å². The lowest BCUT2D eigenvalue weighted by atomic mass is 9.97. The molecule has 14 atom stereocenters. The molecule has 33 heavy (non-hydrogen) atoms. The van der Waals surface area contributed by atoms with Crippen LogP contribution in [0.1, 0.15) is 0 Å². The zero-order chi connectivity index (χ0) is 24.6. The second-order valence-electron chi connectivity index (χ2n) is 7.88. The van der Waals surface area contributed by atoms with Crippen molar-refractivity contribution >= 4 is 5.97 Å². The van der Waals surface area contributed by atoms with Gasteiger partial charge in [0.15, 0.2) is 25.0 Å². The molecule has 0 aliphatic carbocycles. The van der Waals surface area contributed by atoms with E-state index in [1.807, 2.05) is 0 Å². The van der Waals surface area contributed by atoms with Crippen LogP contribution in [0.5, 0.6) is 0 Å². The lowest BCUT2D eigenvalue weighted by molar-refractivity contribution is -0.372. The summed E-state index contributed by atoms with van der Waals surface area (Å²) in [5.41, 5.74) is 0. The summed E-state index contributed by atoms with van der Waals surface area (Å²) >= 11 is 0. The van der Waals surface area contributed by atoms with E-state index in [4.69, 9.17) is 23.7 Å². The first-order valence-electron chi connectivity index (χ1n) is 10.00. The van der Waals surface area contributed by atoms with Crippen LogP contribution >= 0.6 is 0 Å². The highest BCUT2D eigenvalue weighted by Gasteiger charge is 2.55. The van der Waals surface area contributed by atoms with Crippen LogP contribution in [-0.4, -0.2) is 156 Å². The molecule has 3 rings (SSSR count). The Kier molecular flexibility index (Phi) is 8.57. The molecular weight excluding hydrogens is 460 g/mol. The Morgan fingerprint density at radius 3 is 1.58 bits per heavy atom. The summed E-state index contributed by atoms with van der Waals surface area (Å²) < 4.78 is 26.0. The first-order valence-corrected chi connectivity index (χ1v) is 10.00. The van der Waals surface area contributed by atoms with Gasteiger partial charge in [0, 0.05) is 0 Å². The molecule has 5 unspecified atom stereocenters. The summed E-state index contributed by atoms with van der Waals surface area (Å²) in [4.78, 5) is 11.4. The normalized spacial score (nSPS) is 50.9. The van der Waals surface area contributed by atoms with Crippen molar-refractivity contribution in [2.45, 2.75) is 86.0 Å². The Morgan fingerprint density at radius 1 is 0.636 bits per heavy atom. The number of carboxylic acid groups (broad SMARTS) is 1. The fourth-order valence-electron chi connectivity index (χ4n) is 3.81. The van der Waals surface area contributed by atoms with Gasteiger partial charge in [-0.3, -0.25) is 0 Å². The smallest absolute Gasteiger partial charge is 0.335 e. The van der Waals surface area contributed by atoms with Gasteiger partial charge in [-0.1, -0.05) is 0 Å². The van der Waals surface area contributed by atoms with E-state index in [0.29, 0.717) is 0 Å². The number of hydrogen-bond donors (Lipinski definition) is 10. The minimum absolute atomic E-state index is 0.709. The van der Waals surface area contributed by atoms with Crippen molar-refractivity contribution in [2.24, 2.45) is 0 Å². The maximum absolute atomic E-state index is 11.4. The van der Waals surface area contributed by atoms with Crippen LogP contribution in [0.25, 0.3) is 0 Å². The molecule has 0 aromatic rings. The Balaban J connectivity index is 1.83. The number of carboxylic acids is 1. The van der Waals surface area contributed by atoms with Gasteiger partial charge in [0.2, 0.25) is 0 Å². The average molecular weight is 488 g/mol. The van der Waals surface area contributed by atoms with Crippen molar-refractivity contribution in [3.8, 4) is 0 Å². The first kappa shape index (κ1) is 26.5. The van der Waals surface area contributed by atoms with E-state index >= 15 is 0 Å². The number of rotatable bonds is 7. The SMILES string of the molecule is O=C(O)C1O[C@@H](O)C(O[C@@H]2OC(CO)[C@H](O)[C@H](O)C2O)[C@@H](O[C@@H]2O[C@H](CO)[C@H](O)C2O)[C@H]1O. The van der Waals surface area contributed by atoms with Gasteiger partial charge in [-0.2, -0.15) is 0 Å². The molecule has 0 spiro atoms. The van der Waals surface area contributed by atoms with E-state index < -0.39 is 105 Å². The summed E-state index contributed by atoms with van der Waals surface area (Å²) in [6.45, 7) is -1.50. The first-order chi connectivity index (χ1) is 15.5. The van der Waals surface area contributed by atoms with Crippen LogP contribution < -0.4 is 0 Å². The molecular formula is C17H28O16. The predicted molar refractivity (Wildman–Crippen MR) is 95.8 cm³/mol. The third kappa shape index (κ3) is 5.14. The Bertz CT molecular complexity index is 663. The summed E-state index contributed by atoms with van der Waals surface area (Å²) in [6, 6.07) is 0. The van der Waals surface area contributed by atoms with E-state index in [0.717, 1.165) is 0 Å². The number of carbonyl (C=O) groups is 1. The largest absolute Gasteiger partial charge is 0.479 e. The zero-order valence-corrected chi connectivity index (χ0v) is 16.9. The molecule has 3 aliphatic rings.